The van der Waals surface area contributed by atoms with Gasteiger partial charge in [-0.15, -0.1) is 10.2 Å². The van der Waals surface area contributed by atoms with Crippen molar-refractivity contribution in [1.29, 1.82) is 0 Å². The number of hydrogen-bond donors (Lipinski definition) is 1. The van der Waals surface area contributed by atoms with Crippen LogP contribution >= 0.6 is 0 Å². The summed E-state index contributed by atoms with van der Waals surface area (Å²) in [7, 11) is 0. The average molecular weight is 400 g/mol. The fourth-order valence-corrected chi connectivity index (χ4v) is 2.96. The minimum absolute atomic E-state index is 0.168. The van der Waals surface area contributed by atoms with Crippen LogP contribution in [0.25, 0.3) is 5.82 Å². The summed E-state index contributed by atoms with van der Waals surface area (Å²) in [5.74, 6) is 2.62. The Hall–Kier alpha value is -4.33. The zero-order valence-corrected chi connectivity index (χ0v) is 15.7. The van der Waals surface area contributed by atoms with E-state index in [-0.39, 0.29) is 12.7 Å². The van der Waals surface area contributed by atoms with Gasteiger partial charge < -0.3 is 24.1 Å². The quantitative estimate of drug-likeness (QED) is 0.544. The second-order valence-corrected chi connectivity index (χ2v) is 6.47. The van der Waals surface area contributed by atoms with Gasteiger partial charge in [-0.25, -0.2) is 0 Å². The third-order valence-corrected chi connectivity index (χ3v) is 4.46. The highest BCUT2D eigenvalue weighted by atomic mass is 16.7. The van der Waals surface area contributed by atoms with E-state index < -0.39 is 0 Å². The maximum absolute atomic E-state index is 12.5. The maximum Gasteiger partial charge on any atom is 0.255 e. The normalized spacial score (nSPS) is 11.9. The molecular weight excluding hydrogens is 384 g/mol. The molecule has 30 heavy (non-hydrogen) atoms. The predicted octanol–water partition coefficient (Wildman–Crippen LogP) is 4.04. The first-order valence-corrected chi connectivity index (χ1v) is 9.21. The molecule has 0 unspecified atom stereocenters. The van der Waals surface area contributed by atoms with Crippen LogP contribution in [-0.2, 0) is 0 Å². The molecule has 1 amide bonds. The Bertz CT molecular complexity index is 1170. The third-order valence-electron chi connectivity index (χ3n) is 4.46. The molecule has 5 rings (SSSR count). The summed E-state index contributed by atoms with van der Waals surface area (Å²) >= 11 is 0. The average Bonchev–Trinajstić information content (AvgIpc) is 3.47. The lowest BCUT2D eigenvalue weighted by atomic mass is 10.2. The van der Waals surface area contributed by atoms with Crippen LogP contribution < -0.4 is 19.5 Å². The van der Waals surface area contributed by atoms with Crippen molar-refractivity contribution >= 4 is 11.6 Å². The standard InChI is InChI=1S/C22H16N4O4/c27-22(15-3-8-18-19(13-15)29-14-28-18)23-16-4-6-17(7-5-16)30-21-10-9-20(24-25-21)26-11-1-2-12-26/h1-13H,14H2,(H,23,27). The number of fused-ring (bicyclic) bond motifs is 1. The number of anilines is 1. The van der Waals surface area contributed by atoms with Crippen LogP contribution in [0, 0.1) is 0 Å². The van der Waals surface area contributed by atoms with Gasteiger partial charge in [0, 0.05) is 29.7 Å². The lowest BCUT2D eigenvalue weighted by Gasteiger charge is -2.08. The summed E-state index contributed by atoms with van der Waals surface area (Å²) in [5, 5.41) is 11.1. The molecule has 0 bridgehead atoms. The molecule has 0 atom stereocenters. The van der Waals surface area contributed by atoms with Crippen LogP contribution in [0.5, 0.6) is 23.1 Å². The molecule has 0 fully saturated rings. The topological polar surface area (TPSA) is 87.5 Å². The van der Waals surface area contributed by atoms with Gasteiger partial charge in [-0.1, -0.05) is 0 Å². The van der Waals surface area contributed by atoms with Gasteiger partial charge in [-0.3, -0.25) is 4.79 Å². The second-order valence-electron chi connectivity index (χ2n) is 6.47. The van der Waals surface area contributed by atoms with Crippen molar-refractivity contribution < 1.29 is 19.0 Å². The first-order valence-electron chi connectivity index (χ1n) is 9.21. The number of hydrogen-bond acceptors (Lipinski definition) is 6. The number of benzene rings is 2. The van der Waals surface area contributed by atoms with Crippen LogP contribution in [0.3, 0.4) is 0 Å². The van der Waals surface area contributed by atoms with Gasteiger partial charge >= 0.3 is 0 Å². The summed E-state index contributed by atoms with van der Waals surface area (Å²) in [4.78, 5) is 12.5. The van der Waals surface area contributed by atoms with Gasteiger partial charge in [0.25, 0.3) is 5.91 Å². The van der Waals surface area contributed by atoms with E-state index in [1.165, 1.54) is 0 Å². The fraction of sp³-hybridized carbons (Fsp3) is 0.0455. The molecule has 0 spiro atoms. The summed E-state index contributed by atoms with van der Waals surface area (Å²) in [6, 6.07) is 19.5. The first-order chi connectivity index (χ1) is 14.7. The van der Waals surface area contributed by atoms with Crippen LogP contribution in [0.15, 0.2) is 79.1 Å². The van der Waals surface area contributed by atoms with Gasteiger partial charge in [0.15, 0.2) is 17.3 Å². The molecular formula is C22H16N4O4. The monoisotopic (exact) mass is 400 g/mol. The number of rotatable bonds is 5. The van der Waals surface area contributed by atoms with E-state index in [0.717, 1.165) is 0 Å². The highest BCUT2D eigenvalue weighted by molar-refractivity contribution is 6.04. The Morgan fingerprint density at radius 2 is 1.73 bits per heavy atom. The summed E-state index contributed by atoms with van der Waals surface area (Å²) in [6.45, 7) is 0.168. The Balaban J connectivity index is 1.23. The molecule has 148 valence electrons. The molecule has 0 saturated heterocycles. The Labute approximate surface area is 171 Å². The van der Waals surface area contributed by atoms with E-state index in [0.29, 0.717) is 40.2 Å². The number of carbonyl (C=O) groups excluding carboxylic acids is 1. The zero-order valence-electron chi connectivity index (χ0n) is 15.7. The maximum atomic E-state index is 12.5. The fourth-order valence-electron chi connectivity index (χ4n) is 2.96. The molecule has 4 aromatic rings. The van der Waals surface area contributed by atoms with E-state index in [2.05, 4.69) is 15.5 Å². The van der Waals surface area contributed by atoms with Crippen molar-refractivity contribution in [2.45, 2.75) is 0 Å². The molecule has 2 aromatic heterocycles. The first kappa shape index (κ1) is 17.7. The summed E-state index contributed by atoms with van der Waals surface area (Å²) < 4.78 is 18.1. The largest absolute Gasteiger partial charge is 0.454 e. The van der Waals surface area contributed by atoms with E-state index in [1.807, 2.05) is 35.2 Å². The molecule has 0 aliphatic carbocycles. The van der Waals surface area contributed by atoms with Crippen LogP contribution in [0.1, 0.15) is 10.4 Å². The lowest BCUT2D eigenvalue weighted by molar-refractivity contribution is 0.102. The van der Waals surface area contributed by atoms with E-state index in [1.54, 1.807) is 48.5 Å². The zero-order chi connectivity index (χ0) is 20.3. The van der Waals surface area contributed by atoms with Gasteiger partial charge in [-0.2, -0.15) is 0 Å². The van der Waals surface area contributed by atoms with Crippen molar-refractivity contribution in [3.63, 3.8) is 0 Å². The Morgan fingerprint density at radius 3 is 2.50 bits per heavy atom. The highest BCUT2D eigenvalue weighted by Gasteiger charge is 2.16. The smallest absolute Gasteiger partial charge is 0.255 e. The van der Waals surface area contributed by atoms with Gasteiger partial charge in [0.05, 0.1) is 0 Å². The molecule has 1 aliphatic rings. The Kier molecular flexibility index (Phi) is 4.49. The number of amides is 1. The molecule has 8 nitrogen and oxygen atoms in total. The van der Waals surface area contributed by atoms with Crippen LogP contribution in [0.2, 0.25) is 0 Å². The van der Waals surface area contributed by atoms with Crippen molar-refractivity contribution in [2.24, 2.45) is 0 Å². The predicted molar refractivity (Wildman–Crippen MR) is 108 cm³/mol. The Morgan fingerprint density at radius 1 is 0.933 bits per heavy atom. The van der Waals surface area contributed by atoms with Gasteiger partial charge in [-0.05, 0) is 60.7 Å². The van der Waals surface area contributed by atoms with E-state index >= 15 is 0 Å². The minimum Gasteiger partial charge on any atom is -0.454 e. The van der Waals surface area contributed by atoms with Crippen LogP contribution in [-0.4, -0.2) is 27.5 Å². The van der Waals surface area contributed by atoms with Crippen molar-refractivity contribution in [1.82, 2.24) is 14.8 Å². The number of aromatic nitrogens is 3. The number of nitrogens with one attached hydrogen (secondary N) is 1. The molecule has 3 heterocycles. The SMILES string of the molecule is O=C(Nc1ccc(Oc2ccc(-n3cccc3)nn2)cc1)c1ccc2c(c1)OCO2. The van der Waals surface area contributed by atoms with Crippen molar-refractivity contribution in [3.05, 3.63) is 84.7 Å². The van der Waals surface area contributed by atoms with E-state index in [9.17, 15) is 4.79 Å². The van der Waals surface area contributed by atoms with Crippen molar-refractivity contribution in [2.75, 3.05) is 12.1 Å². The van der Waals surface area contributed by atoms with Crippen LogP contribution in [0.4, 0.5) is 5.69 Å². The lowest BCUT2D eigenvalue weighted by Crippen LogP contribution is -2.11. The molecule has 1 aliphatic heterocycles. The summed E-state index contributed by atoms with van der Waals surface area (Å²) in [6.07, 6.45) is 3.78. The number of nitrogens with zero attached hydrogens (tertiary/aromatic N) is 3. The number of ether oxygens (including phenoxy) is 3. The second kappa shape index (κ2) is 7.59. The van der Waals surface area contributed by atoms with Crippen molar-refractivity contribution in [3.8, 4) is 28.9 Å². The molecule has 8 heteroatoms. The van der Waals surface area contributed by atoms with Gasteiger partial charge in [0.1, 0.15) is 5.75 Å². The number of carbonyl (C=O) groups is 1. The van der Waals surface area contributed by atoms with Gasteiger partial charge in [0.2, 0.25) is 12.7 Å². The van der Waals surface area contributed by atoms with E-state index in [4.69, 9.17) is 14.2 Å². The third kappa shape index (κ3) is 3.66. The minimum atomic E-state index is -0.242. The summed E-state index contributed by atoms with van der Waals surface area (Å²) in [5.41, 5.74) is 1.12. The molecule has 0 radical (unpaired) electrons. The molecule has 0 saturated carbocycles. The molecule has 1 N–H and O–H groups in total. The molecule has 2 aromatic carbocycles. The highest BCUT2D eigenvalue weighted by Crippen LogP contribution is 2.32.